The SMILES string of the molecule is O=C(O)CN1C(=O)c2ccc(NS(=O)(=O)CCc3cccs3)cc2C1=O. The minimum atomic E-state index is -3.64. The molecular formula is C16H14N2O6S2. The van der Waals surface area contributed by atoms with Crippen molar-refractivity contribution < 1.29 is 27.9 Å². The Morgan fingerprint density at radius 1 is 1.15 bits per heavy atom. The van der Waals surface area contributed by atoms with Crippen molar-refractivity contribution in [3.63, 3.8) is 0 Å². The summed E-state index contributed by atoms with van der Waals surface area (Å²) >= 11 is 1.46. The van der Waals surface area contributed by atoms with Crippen LogP contribution in [0.3, 0.4) is 0 Å². The zero-order valence-electron chi connectivity index (χ0n) is 13.3. The molecule has 136 valence electrons. The topological polar surface area (TPSA) is 121 Å². The number of nitrogens with zero attached hydrogens (tertiary/aromatic N) is 1. The van der Waals surface area contributed by atoms with Crippen molar-refractivity contribution in [2.45, 2.75) is 6.42 Å². The van der Waals surface area contributed by atoms with Crippen molar-refractivity contribution in [3.8, 4) is 0 Å². The Morgan fingerprint density at radius 3 is 2.54 bits per heavy atom. The molecule has 10 heteroatoms. The first-order valence-corrected chi connectivity index (χ1v) is 10.0. The van der Waals surface area contributed by atoms with E-state index in [1.165, 1.54) is 29.5 Å². The van der Waals surface area contributed by atoms with Gasteiger partial charge in [0.05, 0.1) is 16.9 Å². The van der Waals surface area contributed by atoms with Crippen molar-refractivity contribution in [1.82, 2.24) is 4.90 Å². The van der Waals surface area contributed by atoms with Gasteiger partial charge in [-0.1, -0.05) is 6.07 Å². The molecule has 2 heterocycles. The number of anilines is 1. The predicted molar refractivity (Wildman–Crippen MR) is 94.9 cm³/mol. The number of carboxylic acid groups (broad SMARTS) is 1. The van der Waals surface area contributed by atoms with Gasteiger partial charge in [-0.25, -0.2) is 8.42 Å². The number of amides is 2. The fourth-order valence-electron chi connectivity index (χ4n) is 2.55. The Hall–Kier alpha value is -2.72. The van der Waals surface area contributed by atoms with Gasteiger partial charge in [-0.3, -0.25) is 24.0 Å². The highest BCUT2D eigenvalue weighted by Gasteiger charge is 2.36. The number of aliphatic carboxylic acids is 1. The molecule has 2 amide bonds. The number of sulfonamides is 1. The standard InChI is InChI=1S/C16H14N2O6S2/c19-14(20)9-18-15(21)12-4-3-10(8-13(12)16(18)22)17-26(23,24)7-5-11-2-1-6-25-11/h1-4,6,8,17H,5,7,9H2,(H,19,20). The summed E-state index contributed by atoms with van der Waals surface area (Å²) < 4.78 is 26.8. The molecule has 26 heavy (non-hydrogen) atoms. The number of carbonyl (C=O) groups excluding carboxylic acids is 2. The highest BCUT2D eigenvalue weighted by Crippen LogP contribution is 2.26. The molecule has 0 atom stereocenters. The van der Waals surface area contributed by atoms with Crippen LogP contribution in [0.1, 0.15) is 25.6 Å². The maximum atomic E-state index is 12.2. The number of nitrogens with one attached hydrogen (secondary N) is 1. The largest absolute Gasteiger partial charge is 0.480 e. The molecule has 2 N–H and O–H groups in total. The molecule has 0 spiro atoms. The molecular weight excluding hydrogens is 380 g/mol. The number of carbonyl (C=O) groups is 3. The van der Waals surface area contributed by atoms with Crippen molar-refractivity contribution in [2.75, 3.05) is 17.0 Å². The number of imide groups is 1. The lowest BCUT2D eigenvalue weighted by Crippen LogP contribution is -2.34. The second kappa shape index (κ2) is 6.89. The van der Waals surface area contributed by atoms with E-state index in [1.54, 1.807) is 0 Å². The molecule has 0 fully saturated rings. The minimum Gasteiger partial charge on any atom is -0.480 e. The quantitative estimate of drug-likeness (QED) is 0.685. The monoisotopic (exact) mass is 394 g/mol. The van der Waals surface area contributed by atoms with Gasteiger partial charge in [0.1, 0.15) is 6.54 Å². The lowest BCUT2D eigenvalue weighted by Gasteiger charge is -2.09. The van der Waals surface area contributed by atoms with Crippen LogP contribution in [0.2, 0.25) is 0 Å². The molecule has 0 bridgehead atoms. The van der Waals surface area contributed by atoms with E-state index in [0.717, 1.165) is 4.88 Å². The second-order valence-electron chi connectivity index (χ2n) is 5.60. The number of hydrogen-bond acceptors (Lipinski definition) is 6. The first kappa shape index (κ1) is 18.1. The molecule has 8 nitrogen and oxygen atoms in total. The van der Waals surface area contributed by atoms with Crippen LogP contribution in [-0.4, -0.2) is 48.5 Å². The number of carboxylic acids is 1. The smallest absolute Gasteiger partial charge is 0.323 e. The fraction of sp³-hybridized carbons (Fsp3) is 0.188. The molecule has 2 aromatic rings. The normalized spacial score (nSPS) is 13.8. The number of thiophene rings is 1. The molecule has 1 aromatic carbocycles. The summed E-state index contributed by atoms with van der Waals surface area (Å²) in [6.45, 7) is -0.742. The molecule has 0 saturated carbocycles. The summed E-state index contributed by atoms with van der Waals surface area (Å²) in [7, 11) is -3.64. The lowest BCUT2D eigenvalue weighted by molar-refractivity contribution is -0.137. The Morgan fingerprint density at radius 2 is 1.88 bits per heavy atom. The Balaban J connectivity index is 1.76. The number of rotatable bonds is 7. The number of fused-ring (bicyclic) bond motifs is 1. The summed E-state index contributed by atoms with van der Waals surface area (Å²) in [4.78, 5) is 36.6. The van der Waals surface area contributed by atoms with Crippen LogP contribution in [-0.2, 0) is 21.2 Å². The van der Waals surface area contributed by atoms with Gasteiger partial charge in [0.15, 0.2) is 0 Å². The van der Waals surface area contributed by atoms with Gasteiger partial charge in [-0.2, -0.15) is 0 Å². The summed E-state index contributed by atoms with van der Waals surface area (Å²) in [6.07, 6.45) is 0.363. The van der Waals surface area contributed by atoms with E-state index < -0.39 is 34.4 Å². The van der Waals surface area contributed by atoms with Gasteiger partial charge in [-0.15, -0.1) is 11.3 Å². The van der Waals surface area contributed by atoms with Crippen molar-refractivity contribution in [1.29, 1.82) is 0 Å². The van der Waals surface area contributed by atoms with Crippen molar-refractivity contribution in [2.24, 2.45) is 0 Å². The minimum absolute atomic E-state index is 0.0188. The third-order valence-electron chi connectivity index (χ3n) is 3.73. The van der Waals surface area contributed by atoms with Crippen LogP contribution in [0.25, 0.3) is 0 Å². The van der Waals surface area contributed by atoms with E-state index in [4.69, 9.17) is 5.11 Å². The zero-order valence-corrected chi connectivity index (χ0v) is 15.0. The summed E-state index contributed by atoms with van der Waals surface area (Å²) in [5.74, 6) is -2.90. The lowest BCUT2D eigenvalue weighted by atomic mass is 10.1. The van der Waals surface area contributed by atoms with Crippen LogP contribution < -0.4 is 4.72 Å². The molecule has 0 aliphatic carbocycles. The van der Waals surface area contributed by atoms with Gasteiger partial charge in [-0.05, 0) is 36.1 Å². The third-order valence-corrected chi connectivity index (χ3v) is 5.96. The van der Waals surface area contributed by atoms with Gasteiger partial charge in [0.2, 0.25) is 10.0 Å². The molecule has 1 aliphatic rings. The Kier molecular flexibility index (Phi) is 4.79. The second-order valence-corrected chi connectivity index (χ2v) is 8.47. The first-order chi connectivity index (χ1) is 12.3. The molecule has 0 saturated heterocycles. The van der Waals surface area contributed by atoms with Crippen molar-refractivity contribution in [3.05, 3.63) is 51.7 Å². The molecule has 1 aromatic heterocycles. The number of benzene rings is 1. The van der Waals surface area contributed by atoms with E-state index in [0.29, 0.717) is 11.3 Å². The zero-order chi connectivity index (χ0) is 18.9. The van der Waals surface area contributed by atoms with Crippen LogP contribution >= 0.6 is 11.3 Å². The van der Waals surface area contributed by atoms with Gasteiger partial charge >= 0.3 is 5.97 Å². The highest BCUT2D eigenvalue weighted by molar-refractivity contribution is 7.92. The van der Waals surface area contributed by atoms with Crippen LogP contribution in [0.15, 0.2) is 35.7 Å². The molecule has 0 unspecified atom stereocenters. The summed E-state index contributed by atoms with van der Waals surface area (Å²) in [6, 6.07) is 7.62. The molecule has 3 rings (SSSR count). The molecule has 0 radical (unpaired) electrons. The van der Waals surface area contributed by atoms with Crippen LogP contribution in [0.5, 0.6) is 0 Å². The predicted octanol–water partition coefficient (Wildman–Crippen LogP) is 1.41. The van der Waals surface area contributed by atoms with Gasteiger partial charge in [0, 0.05) is 10.6 Å². The Labute approximate surface area is 153 Å². The van der Waals surface area contributed by atoms with E-state index >= 15 is 0 Å². The third kappa shape index (κ3) is 3.75. The van der Waals surface area contributed by atoms with Gasteiger partial charge < -0.3 is 5.11 Å². The fourth-order valence-corrected chi connectivity index (χ4v) is 4.47. The van der Waals surface area contributed by atoms with E-state index in [-0.39, 0.29) is 22.6 Å². The maximum absolute atomic E-state index is 12.2. The van der Waals surface area contributed by atoms with Crippen LogP contribution in [0.4, 0.5) is 5.69 Å². The first-order valence-electron chi connectivity index (χ1n) is 7.52. The number of hydrogen-bond donors (Lipinski definition) is 2. The van der Waals surface area contributed by atoms with Gasteiger partial charge in [0.25, 0.3) is 11.8 Å². The van der Waals surface area contributed by atoms with E-state index in [9.17, 15) is 22.8 Å². The highest BCUT2D eigenvalue weighted by atomic mass is 32.2. The maximum Gasteiger partial charge on any atom is 0.323 e. The van der Waals surface area contributed by atoms with E-state index in [2.05, 4.69) is 4.72 Å². The summed E-state index contributed by atoms with van der Waals surface area (Å²) in [5, 5.41) is 10.7. The van der Waals surface area contributed by atoms with Crippen LogP contribution in [0, 0.1) is 0 Å². The average Bonchev–Trinajstić information content (AvgIpc) is 3.16. The number of aryl methyl sites for hydroxylation is 1. The van der Waals surface area contributed by atoms with E-state index in [1.807, 2.05) is 17.5 Å². The molecule has 1 aliphatic heterocycles. The Bertz CT molecular complexity index is 982. The van der Waals surface area contributed by atoms with Crippen molar-refractivity contribution >= 4 is 44.8 Å². The summed E-state index contributed by atoms with van der Waals surface area (Å²) in [5.41, 5.74) is 0.181. The average molecular weight is 394 g/mol.